The second-order valence-electron chi connectivity index (χ2n) is 6.63. The maximum atomic E-state index is 12.6. The smallest absolute Gasteiger partial charge is 0.274 e. The molecule has 8 heteroatoms. The van der Waals surface area contributed by atoms with Gasteiger partial charge in [-0.2, -0.15) is 0 Å². The Bertz CT molecular complexity index is 1000. The van der Waals surface area contributed by atoms with Crippen LogP contribution in [0.25, 0.3) is 0 Å². The lowest BCUT2D eigenvalue weighted by Gasteiger charge is -2.24. The highest BCUT2D eigenvalue weighted by Crippen LogP contribution is 2.28. The van der Waals surface area contributed by atoms with Crippen molar-refractivity contribution in [3.8, 4) is 11.5 Å². The molecule has 0 saturated carbocycles. The number of benzene rings is 2. The van der Waals surface area contributed by atoms with Gasteiger partial charge in [-0.1, -0.05) is 35.5 Å². The molecule has 1 N–H and O–H groups in total. The van der Waals surface area contributed by atoms with Crippen LogP contribution in [0.15, 0.2) is 48.5 Å². The van der Waals surface area contributed by atoms with E-state index in [4.69, 9.17) is 14.2 Å². The van der Waals surface area contributed by atoms with Crippen LogP contribution in [0.2, 0.25) is 0 Å². The SMILES string of the molecule is COc1ccc([C@@H]2Cn3nnc(C(=O)NCc4ccccc4OC)c3CO2)cc1. The minimum absolute atomic E-state index is 0.153. The van der Waals surface area contributed by atoms with Crippen LogP contribution in [-0.2, 0) is 24.4 Å². The van der Waals surface area contributed by atoms with E-state index >= 15 is 0 Å². The fraction of sp³-hybridized carbons (Fsp3) is 0.286. The average molecular weight is 394 g/mol. The van der Waals surface area contributed by atoms with Crippen LogP contribution in [-0.4, -0.2) is 35.1 Å². The fourth-order valence-electron chi connectivity index (χ4n) is 3.32. The van der Waals surface area contributed by atoms with Gasteiger partial charge in [0.25, 0.3) is 5.91 Å². The number of methoxy groups -OCH3 is 2. The molecular weight excluding hydrogens is 372 g/mol. The van der Waals surface area contributed by atoms with E-state index in [1.54, 1.807) is 18.9 Å². The maximum Gasteiger partial charge on any atom is 0.274 e. The van der Waals surface area contributed by atoms with Crippen LogP contribution in [0.3, 0.4) is 0 Å². The van der Waals surface area contributed by atoms with Gasteiger partial charge in [-0.15, -0.1) is 5.10 Å². The molecule has 150 valence electrons. The number of rotatable bonds is 6. The molecule has 0 fully saturated rings. The van der Waals surface area contributed by atoms with E-state index in [1.807, 2.05) is 48.5 Å². The summed E-state index contributed by atoms with van der Waals surface area (Å²) in [5.74, 6) is 1.23. The van der Waals surface area contributed by atoms with Crippen molar-refractivity contribution in [2.75, 3.05) is 14.2 Å². The Morgan fingerprint density at radius 2 is 1.97 bits per heavy atom. The summed E-state index contributed by atoms with van der Waals surface area (Å²) in [6.07, 6.45) is -0.153. The summed E-state index contributed by atoms with van der Waals surface area (Å²) < 4.78 is 18.2. The van der Waals surface area contributed by atoms with Gasteiger partial charge in [0.1, 0.15) is 17.6 Å². The first-order valence-electron chi connectivity index (χ1n) is 9.27. The Hall–Kier alpha value is -3.39. The van der Waals surface area contributed by atoms with Gasteiger partial charge in [-0.3, -0.25) is 4.79 Å². The molecule has 2 aromatic carbocycles. The first-order chi connectivity index (χ1) is 14.2. The van der Waals surface area contributed by atoms with Gasteiger partial charge >= 0.3 is 0 Å². The van der Waals surface area contributed by atoms with Gasteiger partial charge in [0.2, 0.25) is 0 Å². The largest absolute Gasteiger partial charge is 0.497 e. The van der Waals surface area contributed by atoms with Gasteiger partial charge in [-0.05, 0) is 23.8 Å². The standard InChI is InChI=1S/C21H22N4O4/c1-27-16-9-7-14(8-10-16)19-12-25-17(13-29-19)20(23-24-25)21(26)22-11-15-5-3-4-6-18(15)28-2/h3-10,19H,11-13H2,1-2H3,(H,22,26)/t19-/m0/s1. The molecule has 1 aliphatic rings. The number of hydrogen-bond acceptors (Lipinski definition) is 6. The van der Waals surface area contributed by atoms with Gasteiger partial charge in [-0.25, -0.2) is 4.68 Å². The molecule has 0 saturated heterocycles. The van der Waals surface area contributed by atoms with Gasteiger partial charge in [0, 0.05) is 12.1 Å². The molecule has 1 atom stereocenters. The molecule has 0 radical (unpaired) electrons. The van der Waals surface area contributed by atoms with E-state index in [0.717, 1.165) is 22.6 Å². The third-order valence-electron chi connectivity index (χ3n) is 4.93. The molecule has 29 heavy (non-hydrogen) atoms. The topological polar surface area (TPSA) is 87.5 Å². The van der Waals surface area contributed by atoms with Gasteiger partial charge < -0.3 is 19.5 Å². The van der Waals surface area contributed by atoms with E-state index in [-0.39, 0.29) is 24.3 Å². The summed E-state index contributed by atoms with van der Waals surface area (Å²) in [5, 5.41) is 11.1. The number of nitrogens with one attached hydrogen (secondary N) is 1. The number of aromatic nitrogens is 3. The van der Waals surface area contributed by atoms with Crippen molar-refractivity contribution in [1.29, 1.82) is 0 Å². The first-order valence-corrected chi connectivity index (χ1v) is 9.27. The Labute approximate surface area is 168 Å². The van der Waals surface area contributed by atoms with Crippen molar-refractivity contribution in [2.45, 2.75) is 25.8 Å². The minimum Gasteiger partial charge on any atom is -0.497 e. The van der Waals surface area contributed by atoms with Crippen LogP contribution in [0.4, 0.5) is 0 Å². The summed E-state index contributed by atoms with van der Waals surface area (Å²) >= 11 is 0. The number of carbonyl (C=O) groups is 1. The van der Waals surface area contributed by atoms with Crippen molar-refractivity contribution < 1.29 is 19.0 Å². The van der Waals surface area contributed by atoms with E-state index in [9.17, 15) is 4.79 Å². The predicted molar refractivity (Wildman–Crippen MR) is 105 cm³/mol. The lowest BCUT2D eigenvalue weighted by molar-refractivity contribution is -0.00179. The lowest BCUT2D eigenvalue weighted by atomic mass is 10.1. The highest BCUT2D eigenvalue weighted by Gasteiger charge is 2.27. The zero-order valence-corrected chi connectivity index (χ0v) is 16.3. The summed E-state index contributed by atoms with van der Waals surface area (Å²) in [4.78, 5) is 12.6. The second kappa shape index (κ2) is 8.32. The molecule has 0 bridgehead atoms. The summed E-state index contributed by atoms with van der Waals surface area (Å²) in [5.41, 5.74) is 2.87. The normalized spacial score (nSPS) is 15.4. The number of para-hydroxylation sites is 1. The zero-order valence-electron chi connectivity index (χ0n) is 16.3. The quantitative estimate of drug-likeness (QED) is 0.691. The summed E-state index contributed by atoms with van der Waals surface area (Å²) in [6.45, 7) is 1.10. The highest BCUT2D eigenvalue weighted by molar-refractivity contribution is 5.93. The molecule has 1 amide bonds. The number of ether oxygens (including phenoxy) is 3. The van der Waals surface area contributed by atoms with Crippen molar-refractivity contribution in [3.63, 3.8) is 0 Å². The van der Waals surface area contributed by atoms with Crippen molar-refractivity contribution >= 4 is 5.91 Å². The minimum atomic E-state index is -0.288. The van der Waals surface area contributed by atoms with Crippen LogP contribution >= 0.6 is 0 Å². The fourth-order valence-corrected chi connectivity index (χ4v) is 3.32. The monoisotopic (exact) mass is 394 g/mol. The number of fused-ring (bicyclic) bond motifs is 1. The Balaban J connectivity index is 1.44. The molecule has 0 aliphatic carbocycles. The van der Waals surface area contributed by atoms with Crippen molar-refractivity contribution in [2.24, 2.45) is 0 Å². The Morgan fingerprint density at radius 3 is 2.72 bits per heavy atom. The molecule has 1 aromatic heterocycles. The van der Waals surface area contributed by atoms with Crippen LogP contribution in [0.5, 0.6) is 11.5 Å². The summed E-state index contributed by atoms with van der Waals surface area (Å²) in [6, 6.07) is 15.3. The lowest BCUT2D eigenvalue weighted by Crippen LogP contribution is -2.27. The molecule has 3 aromatic rings. The van der Waals surface area contributed by atoms with E-state index in [2.05, 4.69) is 15.6 Å². The van der Waals surface area contributed by atoms with Gasteiger partial charge in [0.05, 0.1) is 33.1 Å². The maximum absolute atomic E-state index is 12.6. The summed E-state index contributed by atoms with van der Waals surface area (Å²) in [7, 11) is 3.24. The molecule has 0 unspecified atom stereocenters. The van der Waals surface area contributed by atoms with Crippen LogP contribution < -0.4 is 14.8 Å². The first kappa shape index (κ1) is 18.9. The number of carbonyl (C=O) groups excluding carboxylic acids is 1. The van der Waals surface area contributed by atoms with Crippen molar-refractivity contribution in [1.82, 2.24) is 20.3 Å². The number of nitrogens with zero attached hydrogens (tertiary/aromatic N) is 3. The zero-order chi connectivity index (χ0) is 20.2. The third-order valence-corrected chi connectivity index (χ3v) is 4.93. The average Bonchev–Trinajstić information content (AvgIpc) is 3.21. The number of hydrogen-bond donors (Lipinski definition) is 1. The Kier molecular flexibility index (Phi) is 5.44. The molecule has 8 nitrogen and oxygen atoms in total. The second-order valence-corrected chi connectivity index (χ2v) is 6.63. The Morgan fingerprint density at radius 1 is 1.17 bits per heavy atom. The van der Waals surface area contributed by atoms with Crippen molar-refractivity contribution in [3.05, 3.63) is 71.0 Å². The van der Waals surface area contributed by atoms with E-state index < -0.39 is 0 Å². The molecule has 1 aliphatic heterocycles. The van der Waals surface area contributed by atoms with Crippen LogP contribution in [0.1, 0.15) is 33.4 Å². The molecule has 2 heterocycles. The molecule has 0 spiro atoms. The van der Waals surface area contributed by atoms with E-state index in [1.165, 1.54) is 0 Å². The van der Waals surface area contributed by atoms with Crippen LogP contribution in [0, 0.1) is 0 Å². The molecule has 4 rings (SSSR count). The number of amides is 1. The highest BCUT2D eigenvalue weighted by atomic mass is 16.5. The third kappa shape index (κ3) is 3.93. The molecular formula is C21H22N4O4. The van der Waals surface area contributed by atoms with E-state index in [0.29, 0.717) is 18.8 Å². The predicted octanol–water partition coefficient (Wildman–Crippen LogP) is 2.50. The van der Waals surface area contributed by atoms with Gasteiger partial charge in [0.15, 0.2) is 5.69 Å².